The fraction of sp³-hybridized carbons (Fsp3) is 0.571. The van der Waals surface area contributed by atoms with Crippen molar-refractivity contribution in [2.45, 2.75) is 26.4 Å². The van der Waals surface area contributed by atoms with Gasteiger partial charge in [-0.05, 0) is 26.3 Å². The Labute approximate surface area is 60.0 Å². The molecule has 3 nitrogen and oxygen atoms in total. The number of aliphatic hydroxyl groups is 1. The van der Waals surface area contributed by atoms with Crippen LogP contribution in [0.2, 0.25) is 0 Å². The topological polar surface area (TPSA) is 57.5 Å². The Balaban J connectivity index is 4.35. The third kappa shape index (κ3) is 3.25. The zero-order valence-corrected chi connectivity index (χ0v) is 6.38. The normalized spacial score (nSPS) is 13.4. The Kier molecular flexibility index (Phi) is 2.60. The third-order valence-corrected chi connectivity index (χ3v) is 1.31. The van der Waals surface area contributed by atoms with Gasteiger partial charge in [-0.1, -0.05) is 0 Å². The van der Waals surface area contributed by atoms with E-state index in [1.165, 1.54) is 0 Å². The minimum Gasteiger partial charge on any atom is -0.478 e. The van der Waals surface area contributed by atoms with Gasteiger partial charge in [-0.15, -0.1) is 0 Å². The van der Waals surface area contributed by atoms with Crippen molar-refractivity contribution in [3.63, 3.8) is 0 Å². The van der Waals surface area contributed by atoms with Crippen LogP contribution in [0.5, 0.6) is 0 Å². The van der Waals surface area contributed by atoms with E-state index in [0.717, 1.165) is 6.08 Å². The van der Waals surface area contributed by atoms with Crippen molar-refractivity contribution in [2.75, 3.05) is 0 Å². The first-order valence-electron chi connectivity index (χ1n) is 2.98. The van der Waals surface area contributed by atoms with Crippen molar-refractivity contribution in [2.24, 2.45) is 0 Å². The second kappa shape index (κ2) is 2.84. The van der Waals surface area contributed by atoms with Crippen LogP contribution >= 0.6 is 0 Å². The summed E-state index contributed by atoms with van der Waals surface area (Å²) in [6.07, 6.45) is 1.00. The Morgan fingerprint density at radius 2 is 1.90 bits per heavy atom. The summed E-state index contributed by atoms with van der Waals surface area (Å²) >= 11 is 0. The first-order valence-corrected chi connectivity index (χ1v) is 2.98. The maximum Gasteiger partial charge on any atom is 0.328 e. The average molecular weight is 144 g/mol. The number of carboxylic acids is 1. The molecule has 0 fully saturated rings. The van der Waals surface area contributed by atoms with Crippen molar-refractivity contribution >= 4 is 5.97 Å². The maximum absolute atomic E-state index is 10.1. The number of aliphatic carboxylic acids is 1. The van der Waals surface area contributed by atoms with E-state index in [-0.39, 0.29) is 0 Å². The molecule has 0 aliphatic heterocycles. The predicted octanol–water partition coefficient (Wildman–Crippen LogP) is 0.788. The molecule has 0 heterocycles. The lowest BCUT2D eigenvalue weighted by Crippen LogP contribution is -2.20. The number of rotatable bonds is 2. The maximum atomic E-state index is 10.1. The van der Waals surface area contributed by atoms with Gasteiger partial charge in [0.25, 0.3) is 0 Å². The Hall–Kier alpha value is -0.830. The number of carbonyl (C=O) groups is 1. The van der Waals surface area contributed by atoms with E-state index in [4.69, 9.17) is 5.11 Å². The van der Waals surface area contributed by atoms with Crippen molar-refractivity contribution in [1.82, 2.24) is 0 Å². The Bertz CT molecular complexity index is 162. The van der Waals surface area contributed by atoms with Crippen LogP contribution in [-0.4, -0.2) is 21.8 Å². The molecule has 0 aromatic heterocycles. The molecule has 2 N–H and O–H groups in total. The number of hydrogen-bond donors (Lipinski definition) is 2. The summed E-state index contributed by atoms with van der Waals surface area (Å²) in [6.45, 7) is 4.66. The molecule has 0 unspecified atom stereocenters. The summed E-state index contributed by atoms with van der Waals surface area (Å²) in [4.78, 5) is 10.1. The van der Waals surface area contributed by atoms with Gasteiger partial charge in [0.05, 0.1) is 5.60 Å². The largest absolute Gasteiger partial charge is 0.478 e. The summed E-state index contributed by atoms with van der Waals surface area (Å²) in [6, 6.07) is 0. The summed E-state index contributed by atoms with van der Waals surface area (Å²) in [5.74, 6) is -1.03. The molecule has 0 saturated carbocycles. The monoisotopic (exact) mass is 144 g/mol. The van der Waals surface area contributed by atoms with E-state index in [1.54, 1.807) is 20.8 Å². The molecule has 0 spiro atoms. The smallest absolute Gasteiger partial charge is 0.328 e. The average Bonchev–Trinajstić information content (AvgIpc) is 1.60. The molecular formula is C7H12O3. The lowest BCUT2D eigenvalue weighted by atomic mass is 10.00. The highest BCUT2D eigenvalue weighted by Crippen LogP contribution is 2.13. The van der Waals surface area contributed by atoms with Crippen LogP contribution in [0.15, 0.2) is 11.6 Å². The van der Waals surface area contributed by atoms with Crippen LogP contribution in [0.4, 0.5) is 0 Å². The van der Waals surface area contributed by atoms with Gasteiger partial charge < -0.3 is 10.2 Å². The number of carboxylic acid groups (broad SMARTS) is 1. The summed E-state index contributed by atoms with van der Waals surface area (Å²) in [5.41, 5.74) is -0.585. The fourth-order valence-electron chi connectivity index (χ4n) is 0.362. The molecule has 58 valence electrons. The second-order valence-electron chi connectivity index (χ2n) is 2.72. The Morgan fingerprint density at radius 1 is 1.50 bits per heavy atom. The van der Waals surface area contributed by atoms with Gasteiger partial charge in [-0.2, -0.15) is 0 Å². The van der Waals surface area contributed by atoms with Crippen molar-refractivity contribution in [3.8, 4) is 0 Å². The van der Waals surface area contributed by atoms with E-state index < -0.39 is 11.6 Å². The first-order chi connectivity index (χ1) is 4.34. The van der Waals surface area contributed by atoms with Gasteiger partial charge in [0, 0.05) is 6.08 Å². The molecule has 0 aliphatic rings. The van der Waals surface area contributed by atoms with Crippen molar-refractivity contribution < 1.29 is 15.0 Å². The van der Waals surface area contributed by atoms with E-state index >= 15 is 0 Å². The van der Waals surface area contributed by atoms with Crippen LogP contribution < -0.4 is 0 Å². The molecule has 10 heavy (non-hydrogen) atoms. The molecular weight excluding hydrogens is 132 g/mol. The predicted molar refractivity (Wildman–Crippen MR) is 37.7 cm³/mol. The van der Waals surface area contributed by atoms with E-state index in [1.807, 2.05) is 0 Å². The van der Waals surface area contributed by atoms with Crippen LogP contribution in [0.3, 0.4) is 0 Å². The van der Waals surface area contributed by atoms with Crippen molar-refractivity contribution in [1.29, 1.82) is 0 Å². The van der Waals surface area contributed by atoms with E-state index in [2.05, 4.69) is 0 Å². The molecule has 0 amide bonds. The van der Waals surface area contributed by atoms with Crippen LogP contribution in [0, 0.1) is 0 Å². The van der Waals surface area contributed by atoms with Gasteiger partial charge in [0.15, 0.2) is 0 Å². The van der Waals surface area contributed by atoms with Crippen LogP contribution in [0.25, 0.3) is 0 Å². The van der Waals surface area contributed by atoms with Gasteiger partial charge in [-0.25, -0.2) is 4.79 Å². The summed E-state index contributed by atoms with van der Waals surface area (Å²) in [5, 5.41) is 17.5. The number of hydrogen-bond acceptors (Lipinski definition) is 2. The highest BCUT2D eigenvalue weighted by Gasteiger charge is 2.15. The molecule has 0 bridgehead atoms. The van der Waals surface area contributed by atoms with E-state index in [0.29, 0.717) is 5.57 Å². The Morgan fingerprint density at radius 3 is 2.00 bits per heavy atom. The molecule has 0 saturated heterocycles. The quantitative estimate of drug-likeness (QED) is 0.563. The molecule has 0 aromatic rings. The molecule has 3 heteroatoms. The second-order valence-corrected chi connectivity index (χ2v) is 2.72. The standard InChI is InChI=1S/C7H12O3/c1-5(4-6(8)9)7(2,3)10/h4,10H,1-3H3,(H,8,9)/b5-4+. The lowest BCUT2D eigenvalue weighted by Gasteiger charge is -2.16. The minimum absolute atomic E-state index is 0.444. The molecule has 0 atom stereocenters. The lowest BCUT2D eigenvalue weighted by molar-refractivity contribution is -0.131. The molecule has 0 radical (unpaired) electrons. The van der Waals surface area contributed by atoms with Crippen LogP contribution in [0.1, 0.15) is 20.8 Å². The highest BCUT2D eigenvalue weighted by molar-refractivity contribution is 5.80. The van der Waals surface area contributed by atoms with Crippen LogP contribution in [-0.2, 0) is 4.79 Å². The zero-order chi connectivity index (χ0) is 8.36. The third-order valence-electron chi connectivity index (χ3n) is 1.31. The first kappa shape index (κ1) is 9.17. The minimum atomic E-state index is -1.03. The van der Waals surface area contributed by atoms with Gasteiger partial charge in [-0.3, -0.25) is 0 Å². The van der Waals surface area contributed by atoms with E-state index in [9.17, 15) is 9.90 Å². The SMILES string of the molecule is C/C(=C\C(=O)O)C(C)(C)O. The molecule has 0 aromatic carbocycles. The summed E-state index contributed by atoms with van der Waals surface area (Å²) in [7, 11) is 0. The fourth-order valence-corrected chi connectivity index (χ4v) is 0.362. The molecule has 0 rings (SSSR count). The highest BCUT2D eigenvalue weighted by atomic mass is 16.4. The molecule has 0 aliphatic carbocycles. The summed E-state index contributed by atoms with van der Waals surface area (Å²) < 4.78 is 0. The van der Waals surface area contributed by atoms with Gasteiger partial charge in [0.2, 0.25) is 0 Å². The van der Waals surface area contributed by atoms with Gasteiger partial charge >= 0.3 is 5.97 Å². The van der Waals surface area contributed by atoms with Gasteiger partial charge in [0.1, 0.15) is 0 Å². The van der Waals surface area contributed by atoms with Crippen molar-refractivity contribution in [3.05, 3.63) is 11.6 Å². The zero-order valence-electron chi connectivity index (χ0n) is 6.38.